The normalized spacial score (nSPS) is 17.2. The summed E-state index contributed by atoms with van der Waals surface area (Å²) in [6.07, 6.45) is 6.81. The summed E-state index contributed by atoms with van der Waals surface area (Å²) in [7, 11) is 0. The first-order valence-corrected chi connectivity index (χ1v) is 5.62. The second-order valence-electron chi connectivity index (χ2n) is 3.57. The van der Waals surface area contributed by atoms with E-state index in [2.05, 4.69) is 20.9 Å². The van der Waals surface area contributed by atoms with Gasteiger partial charge in [0.15, 0.2) is 0 Å². The Balaban J connectivity index is 2.05. The third-order valence-corrected chi connectivity index (χ3v) is 3.11. The lowest BCUT2D eigenvalue weighted by atomic mass is 10.3. The van der Waals surface area contributed by atoms with Crippen LogP contribution in [0.15, 0.2) is 16.7 Å². The van der Waals surface area contributed by atoms with Gasteiger partial charge in [0.1, 0.15) is 6.10 Å². The van der Waals surface area contributed by atoms with E-state index >= 15 is 0 Å². The van der Waals surface area contributed by atoms with Crippen LogP contribution in [0.4, 0.5) is 5.69 Å². The van der Waals surface area contributed by atoms with Crippen LogP contribution in [-0.2, 0) is 0 Å². The standard InChI is InChI=1S/C10H13BrN2O/c11-8-6-13-10(5-9(8)12)14-7-3-1-2-4-7/h5-7H,1-4H2,(H2,12,13). The molecule has 1 aliphatic rings. The monoisotopic (exact) mass is 256 g/mol. The van der Waals surface area contributed by atoms with Crippen LogP contribution in [0, 0.1) is 0 Å². The van der Waals surface area contributed by atoms with Crippen LogP contribution in [0.3, 0.4) is 0 Å². The van der Waals surface area contributed by atoms with Crippen molar-refractivity contribution in [3.05, 3.63) is 16.7 Å². The fourth-order valence-electron chi connectivity index (χ4n) is 1.68. The Hall–Kier alpha value is -0.770. The van der Waals surface area contributed by atoms with Crippen LogP contribution < -0.4 is 10.5 Å². The number of ether oxygens (including phenoxy) is 1. The zero-order chi connectivity index (χ0) is 9.97. The highest BCUT2D eigenvalue weighted by Gasteiger charge is 2.17. The predicted octanol–water partition coefficient (Wildman–Crippen LogP) is 2.75. The number of hydrogen-bond donors (Lipinski definition) is 1. The molecule has 1 heterocycles. The van der Waals surface area contributed by atoms with E-state index in [-0.39, 0.29) is 0 Å². The second-order valence-corrected chi connectivity index (χ2v) is 4.42. The van der Waals surface area contributed by atoms with Gasteiger partial charge in [-0.15, -0.1) is 0 Å². The molecule has 0 amide bonds. The van der Waals surface area contributed by atoms with E-state index in [0.29, 0.717) is 17.7 Å². The molecule has 3 nitrogen and oxygen atoms in total. The fourth-order valence-corrected chi connectivity index (χ4v) is 1.89. The van der Waals surface area contributed by atoms with Crippen molar-refractivity contribution in [3.8, 4) is 5.88 Å². The Labute approximate surface area is 91.8 Å². The molecule has 0 spiro atoms. The predicted molar refractivity (Wildman–Crippen MR) is 59.2 cm³/mol. The molecule has 1 aromatic heterocycles. The van der Waals surface area contributed by atoms with Gasteiger partial charge in [-0.2, -0.15) is 0 Å². The number of nitrogens with zero attached hydrogens (tertiary/aromatic N) is 1. The van der Waals surface area contributed by atoms with Crippen molar-refractivity contribution in [2.24, 2.45) is 0 Å². The van der Waals surface area contributed by atoms with E-state index in [1.807, 2.05) is 0 Å². The van der Waals surface area contributed by atoms with Crippen molar-refractivity contribution in [2.45, 2.75) is 31.8 Å². The fraction of sp³-hybridized carbons (Fsp3) is 0.500. The average molecular weight is 257 g/mol. The van der Waals surface area contributed by atoms with Gasteiger partial charge >= 0.3 is 0 Å². The highest BCUT2D eigenvalue weighted by Crippen LogP contribution is 2.26. The maximum Gasteiger partial charge on any atom is 0.215 e. The molecule has 0 saturated heterocycles. The van der Waals surface area contributed by atoms with Gasteiger partial charge in [-0.1, -0.05) is 0 Å². The molecule has 0 atom stereocenters. The van der Waals surface area contributed by atoms with Crippen molar-refractivity contribution < 1.29 is 4.74 Å². The van der Waals surface area contributed by atoms with E-state index in [1.165, 1.54) is 12.8 Å². The quantitative estimate of drug-likeness (QED) is 0.886. The van der Waals surface area contributed by atoms with E-state index in [4.69, 9.17) is 10.5 Å². The molecule has 2 N–H and O–H groups in total. The van der Waals surface area contributed by atoms with Crippen LogP contribution in [0.2, 0.25) is 0 Å². The number of aromatic nitrogens is 1. The summed E-state index contributed by atoms with van der Waals surface area (Å²) in [5.41, 5.74) is 6.40. The smallest absolute Gasteiger partial charge is 0.215 e. The van der Waals surface area contributed by atoms with E-state index in [1.54, 1.807) is 12.3 Å². The maximum atomic E-state index is 5.73. The first-order valence-electron chi connectivity index (χ1n) is 4.83. The van der Waals surface area contributed by atoms with E-state index in [9.17, 15) is 0 Å². The zero-order valence-electron chi connectivity index (χ0n) is 7.87. The maximum absolute atomic E-state index is 5.73. The third-order valence-electron chi connectivity index (χ3n) is 2.45. The van der Waals surface area contributed by atoms with Gasteiger partial charge in [0.2, 0.25) is 5.88 Å². The molecule has 4 heteroatoms. The topological polar surface area (TPSA) is 48.1 Å². The molecule has 1 aromatic rings. The number of nitrogens with two attached hydrogens (primary N) is 1. The highest BCUT2D eigenvalue weighted by molar-refractivity contribution is 9.10. The van der Waals surface area contributed by atoms with Crippen molar-refractivity contribution in [1.82, 2.24) is 4.98 Å². The van der Waals surface area contributed by atoms with E-state index < -0.39 is 0 Å². The van der Waals surface area contributed by atoms with Crippen LogP contribution in [0.25, 0.3) is 0 Å². The Kier molecular flexibility index (Phi) is 2.91. The first-order chi connectivity index (χ1) is 6.75. The largest absolute Gasteiger partial charge is 0.474 e. The van der Waals surface area contributed by atoms with Crippen molar-refractivity contribution in [2.75, 3.05) is 5.73 Å². The van der Waals surface area contributed by atoms with Gasteiger partial charge in [-0.05, 0) is 41.6 Å². The summed E-state index contributed by atoms with van der Waals surface area (Å²) < 4.78 is 6.52. The second kappa shape index (κ2) is 4.17. The summed E-state index contributed by atoms with van der Waals surface area (Å²) in [6.45, 7) is 0. The van der Waals surface area contributed by atoms with Crippen molar-refractivity contribution in [3.63, 3.8) is 0 Å². The van der Waals surface area contributed by atoms with Crippen molar-refractivity contribution in [1.29, 1.82) is 0 Å². The molecular formula is C10H13BrN2O. The van der Waals surface area contributed by atoms with Gasteiger partial charge in [-0.25, -0.2) is 4.98 Å². The number of hydrogen-bond acceptors (Lipinski definition) is 3. The first kappa shape index (κ1) is 9.77. The molecule has 1 aliphatic carbocycles. The Bertz CT molecular complexity index is 324. The van der Waals surface area contributed by atoms with Crippen molar-refractivity contribution >= 4 is 21.6 Å². The lowest BCUT2D eigenvalue weighted by Gasteiger charge is -2.12. The Morgan fingerprint density at radius 1 is 1.43 bits per heavy atom. The summed E-state index contributed by atoms with van der Waals surface area (Å²) >= 11 is 3.30. The minimum atomic E-state index is 0.336. The molecule has 0 bridgehead atoms. The highest BCUT2D eigenvalue weighted by atomic mass is 79.9. The molecular weight excluding hydrogens is 244 g/mol. The molecule has 1 fully saturated rings. The number of nitrogen functional groups attached to an aromatic ring is 1. The van der Waals surface area contributed by atoms with Gasteiger partial charge in [0.25, 0.3) is 0 Å². The lowest BCUT2D eigenvalue weighted by molar-refractivity contribution is 0.201. The summed E-state index contributed by atoms with van der Waals surface area (Å²) in [5.74, 6) is 0.637. The van der Waals surface area contributed by atoms with E-state index in [0.717, 1.165) is 17.3 Å². The van der Waals surface area contributed by atoms with Crippen LogP contribution in [0.1, 0.15) is 25.7 Å². The lowest BCUT2D eigenvalue weighted by Crippen LogP contribution is -2.11. The number of pyridine rings is 1. The number of anilines is 1. The molecule has 1 saturated carbocycles. The van der Waals surface area contributed by atoms with Gasteiger partial charge in [-0.3, -0.25) is 0 Å². The summed E-state index contributed by atoms with van der Waals surface area (Å²) in [6, 6.07) is 1.77. The molecule has 76 valence electrons. The molecule has 14 heavy (non-hydrogen) atoms. The number of halogens is 1. The Morgan fingerprint density at radius 3 is 2.79 bits per heavy atom. The molecule has 0 aromatic carbocycles. The minimum absolute atomic E-state index is 0.336. The van der Waals surface area contributed by atoms with Gasteiger partial charge in [0, 0.05) is 12.3 Å². The summed E-state index contributed by atoms with van der Waals surface area (Å²) in [4.78, 5) is 4.15. The van der Waals surface area contributed by atoms with Crippen LogP contribution in [-0.4, -0.2) is 11.1 Å². The SMILES string of the molecule is Nc1cc(OC2CCCC2)ncc1Br. The average Bonchev–Trinajstić information content (AvgIpc) is 2.64. The van der Waals surface area contributed by atoms with Gasteiger partial charge in [0.05, 0.1) is 10.2 Å². The van der Waals surface area contributed by atoms with Crippen LogP contribution in [0.5, 0.6) is 5.88 Å². The molecule has 0 unspecified atom stereocenters. The molecule has 0 radical (unpaired) electrons. The molecule has 2 rings (SSSR count). The zero-order valence-corrected chi connectivity index (χ0v) is 9.46. The van der Waals surface area contributed by atoms with Gasteiger partial charge < -0.3 is 10.5 Å². The number of rotatable bonds is 2. The Morgan fingerprint density at radius 2 is 2.14 bits per heavy atom. The summed E-state index contributed by atoms with van der Waals surface area (Å²) in [5, 5.41) is 0. The van der Waals surface area contributed by atoms with Crippen LogP contribution >= 0.6 is 15.9 Å². The molecule has 0 aliphatic heterocycles. The third kappa shape index (κ3) is 2.18. The minimum Gasteiger partial charge on any atom is -0.474 e.